The molecule has 0 spiro atoms. The van der Waals surface area contributed by atoms with E-state index in [1.165, 1.54) is 11.1 Å². The lowest BCUT2D eigenvalue weighted by atomic mass is 10.1. The summed E-state index contributed by atoms with van der Waals surface area (Å²) in [5.41, 5.74) is 2.47. The Morgan fingerprint density at radius 1 is 1.38 bits per heavy atom. The van der Waals surface area contributed by atoms with Crippen LogP contribution < -0.4 is 0 Å². The van der Waals surface area contributed by atoms with E-state index >= 15 is 0 Å². The van der Waals surface area contributed by atoms with Gasteiger partial charge in [-0.1, -0.05) is 42.0 Å². The van der Waals surface area contributed by atoms with Crippen LogP contribution in [0, 0.1) is 6.92 Å². The van der Waals surface area contributed by atoms with Crippen molar-refractivity contribution in [1.29, 1.82) is 0 Å². The number of ether oxygens (including phenoxy) is 2. The topological polar surface area (TPSA) is 18.5 Å². The third-order valence-corrected chi connectivity index (χ3v) is 2.58. The van der Waals surface area contributed by atoms with E-state index in [9.17, 15) is 0 Å². The molecule has 1 saturated heterocycles. The summed E-state index contributed by atoms with van der Waals surface area (Å²) in [7, 11) is 0. The molecule has 0 bridgehead atoms. The van der Waals surface area contributed by atoms with Crippen molar-refractivity contribution in [3.8, 4) is 0 Å². The average molecular weight is 218 g/mol. The van der Waals surface area contributed by atoms with Gasteiger partial charge in [0.1, 0.15) is 6.10 Å². The Morgan fingerprint density at radius 3 is 2.81 bits per heavy atom. The largest absolute Gasteiger partial charge is 0.347 e. The SMILES string of the molecule is Cc1cccc(/C=C\[C@H]2COC(C)(C)O2)c1. The Balaban J connectivity index is 2.00. The van der Waals surface area contributed by atoms with Crippen LogP contribution in [0.2, 0.25) is 0 Å². The number of rotatable bonds is 2. The molecule has 1 aliphatic rings. The molecule has 0 radical (unpaired) electrons. The van der Waals surface area contributed by atoms with E-state index < -0.39 is 5.79 Å². The maximum atomic E-state index is 5.69. The van der Waals surface area contributed by atoms with Gasteiger partial charge in [-0.15, -0.1) is 0 Å². The molecule has 1 fully saturated rings. The van der Waals surface area contributed by atoms with Gasteiger partial charge in [0.15, 0.2) is 5.79 Å². The number of benzene rings is 1. The molecule has 0 saturated carbocycles. The van der Waals surface area contributed by atoms with E-state index in [1.54, 1.807) is 0 Å². The molecule has 1 atom stereocenters. The summed E-state index contributed by atoms with van der Waals surface area (Å²) in [5.74, 6) is -0.443. The molecule has 1 aromatic carbocycles. The summed E-state index contributed by atoms with van der Waals surface area (Å²) in [5, 5.41) is 0. The molecule has 86 valence electrons. The van der Waals surface area contributed by atoms with Crippen LogP contribution in [0.5, 0.6) is 0 Å². The first-order valence-corrected chi connectivity index (χ1v) is 5.62. The molecule has 0 unspecified atom stereocenters. The van der Waals surface area contributed by atoms with Gasteiger partial charge in [-0.05, 0) is 26.3 Å². The second-order valence-corrected chi connectivity index (χ2v) is 4.64. The Labute approximate surface area is 96.9 Å². The standard InChI is InChI=1S/C14H18O2/c1-11-5-4-6-12(9-11)7-8-13-10-15-14(2,3)16-13/h4-9,13H,10H2,1-3H3/b8-7-/t13-/m0/s1. The zero-order chi connectivity index (χ0) is 11.6. The van der Waals surface area contributed by atoms with E-state index in [4.69, 9.17) is 9.47 Å². The van der Waals surface area contributed by atoms with Crippen LogP contribution in [0.4, 0.5) is 0 Å². The van der Waals surface area contributed by atoms with Crippen LogP contribution in [0.1, 0.15) is 25.0 Å². The first kappa shape index (κ1) is 11.4. The minimum Gasteiger partial charge on any atom is -0.347 e. The smallest absolute Gasteiger partial charge is 0.163 e. The lowest BCUT2D eigenvalue weighted by Crippen LogP contribution is -2.20. The zero-order valence-electron chi connectivity index (χ0n) is 10.1. The number of hydrogen-bond donors (Lipinski definition) is 0. The molecule has 0 aliphatic carbocycles. The van der Waals surface area contributed by atoms with Gasteiger partial charge in [-0.2, -0.15) is 0 Å². The van der Waals surface area contributed by atoms with Crippen molar-refractivity contribution in [2.45, 2.75) is 32.7 Å². The summed E-state index contributed by atoms with van der Waals surface area (Å²) >= 11 is 0. The van der Waals surface area contributed by atoms with Crippen molar-refractivity contribution in [2.24, 2.45) is 0 Å². The predicted molar refractivity (Wildman–Crippen MR) is 65.1 cm³/mol. The quantitative estimate of drug-likeness (QED) is 0.759. The molecule has 0 aromatic heterocycles. The van der Waals surface area contributed by atoms with Crippen molar-refractivity contribution in [3.63, 3.8) is 0 Å². The van der Waals surface area contributed by atoms with Gasteiger partial charge in [-0.25, -0.2) is 0 Å². The Bertz CT molecular complexity index is 393. The summed E-state index contributed by atoms with van der Waals surface area (Å²) in [6, 6.07) is 8.39. The van der Waals surface area contributed by atoms with Crippen molar-refractivity contribution in [3.05, 3.63) is 41.5 Å². The van der Waals surface area contributed by atoms with Crippen molar-refractivity contribution >= 4 is 6.08 Å². The maximum Gasteiger partial charge on any atom is 0.163 e. The number of aryl methyl sites for hydroxylation is 1. The Hall–Kier alpha value is -1.12. The van der Waals surface area contributed by atoms with Gasteiger partial charge >= 0.3 is 0 Å². The molecule has 2 rings (SSSR count). The van der Waals surface area contributed by atoms with Crippen LogP contribution in [-0.2, 0) is 9.47 Å². The summed E-state index contributed by atoms with van der Waals surface area (Å²) in [4.78, 5) is 0. The first-order valence-electron chi connectivity index (χ1n) is 5.62. The Kier molecular flexibility index (Phi) is 3.13. The summed E-state index contributed by atoms with van der Waals surface area (Å²) in [6.45, 7) is 6.60. The van der Waals surface area contributed by atoms with Crippen LogP contribution in [0.3, 0.4) is 0 Å². The highest BCUT2D eigenvalue weighted by molar-refractivity contribution is 5.50. The van der Waals surface area contributed by atoms with Gasteiger partial charge in [0.2, 0.25) is 0 Å². The monoisotopic (exact) mass is 218 g/mol. The second kappa shape index (κ2) is 4.40. The van der Waals surface area contributed by atoms with Crippen LogP contribution >= 0.6 is 0 Å². The van der Waals surface area contributed by atoms with Gasteiger partial charge < -0.3 is 9.47 Å². The van der Waals surface area contributed by atoms with E-state index in [2.05, 4.69) is 43.3 Å². The number of hydrogen-bond acceptors (Lipinski definition) is 2. The minimum atomic E-state index is -0.443. The molecule has 1 aromatic rings. The molecule has 16 heavy (non-hydrogen) atoms. The van der Waals surface area contributed by atoms with Gasteiger partial charge in [-0.3, -0.25) is 0 Å². The lowest BCUT2D eigenvalue weighted by molar-refractivity contribution is -0.133. The average Bonchev–Trinajstić information content (AvgIpc) is 2.56. The van der Waals surface area contributed by atoms with Gasteiger partial charge in [0, 0.05) is 0 Å². The normalized spacial score (nSPS) is 24.1. The molecule has 1 aliphatic heterocycles. The highest BCUT2D eigenvalue weighted by Crippen LogP contribution is 2.23. The fourth-order valence-electron chi connectivity index (χ4n) is 1.80. The highest BCUT2D eigenvalue weighted by Gasteiger charge is 2.30. The molecule has 2 nitrogen and oxygen atoms in total. The van der Waals surface area contributed by atoms with Crippen LogP contribution in [-0.4, -0.2) is 18.5 Å². The van der Waals surface area contributed by atoms with Crippen LogP contribution in [0.25, 0.3) is 6.08 Å². The third kappa shape index (κ3) is 2.94. The fourth-order valence-corrected chi connectivity index (χ4v) is 1.80. The lowest BCUT2D eigenvalue weighted by Gasteiger charge is -2.15. The van der Waals surface area contributed by atoms with Crippen molar-refractivity contribution < 1.29 is 9.47 Å². The van der Waals surface area contributed by atoms with Gasteiger partial charge in [0.25, 0.3) is 0 Å². The maximum absolute atomic E-state index is 5.69. The van der Waals surface area contributed by atoms with Gasteiger partial charge in [0.05, 0.1) is 6.61 Å². The molecular formula is C14H18O2. The molecule has 0 amide bonds. The van der Waals surface area contributed by atoms with E-state index in [1.807, 2.05) is 13.8 Å². The molecular weight excluding hydrogens is 200 g/mol. The van der Waals surface area contributed by atoms with E-state index in [0.717, 1.165) is 0 Å². The predicted octanol–water partition coefficient (Wildman–Crippen LogP) is 3.16. The zero-order valence-corrected chi connectivity index (χ0v) is 10.1. The minimum absolute atomic E-state index is 0.0653. The first-order chi connectivity index (χ1) is 7.55. The summed E-state index contributed by atoms with van der Waals surface area (Å²) in [6.07, 6.45) is 4.21. The van der Waals surface area contributed by atoms with E-state index in [0.29, 0.717) is 6.61 Å². The highest BCUT2D eigenvalue weighted by atomic mass is 16.7. The fraction of sp³-hybridized carbons (Fsp3) is 0.429. The second-order valence-electron chi connectivity index (χ2n) is 4.64. The van der Waals surface area contributed by atoms with Crippen molar-refractivity contribution in [2.75, 3.05) is 6.61 Å². The van der Waals surface area contributed by atoms with Crippen molar-refractivity contribution in [1.82, 2.24) is 0 Å². The summed E-state index contributed by atoms with van der Waals surface area (Å²) < 4.78 is 11.2. The van der Waals surface area contributed by atoms with Crippen LogP contribution in [0.15, 0.2) is 30.3 Å². The molecule has 0 N–H and O–H groups in total. The third-order valence-electron chi connectivity index (χ3n) is 2.58. The Morgan fingerprint density at radius 2 is 2.19 bits per heavy atom. The van der Waals surface area contributed by atoms with E-state index in [-0.39, 0.29) is 6.10 Å². The molecule has 1 heterocycles. The molecule has 2 heteroatoms.